The van der Waals surface area contributed by atoms with E-state index in [0.717, 1.165) is 50.0 Å². The van der Waals surface area contributed by atoms with E-state index in [4.69, 9.17) is 4.74 Å². The molecule has 2 rings (SSSR count). The minimum atomic E-state index is -0.0127. The number of aryl methyl sites for hydroxylation is 1. The number of aliphatic hydroxyl groups is 1. The lowest BCUT2D eigenvalue weighted by molar-refractivity contribution is -0.0153. The van der Waals surface area contributed by atoms with Gasteiger partial charge in [0, 0.05) is 50.7 Å². The highest BCUT2D eigenvalue weighted by Gasteiger charge is 2.31. The summed E-state index contributed by atoms with van der Waals surface area (Å²) < 4.78 is 5.39. The molecule has 6 heteroatoms. The van der Waals surface area contributed by atoms with Crippen molar-refractivity contribution in [2.45, 2.75) is 26.3 Å². The highest BCUT2D eigenvalue weighted by atomic mass is 32.1. The van der Waals surface area contributed by atoms with Crippen LogP contribution in [0.25, 0.3) is 0 Å². The van der Waals surface area contributed by atoms with Gasteiger partial charge in [-0.25, -0.2) is 4.98 Å². The minimum absolute atomic E-state index is 0.0127. The summed E-state index contributed by atoms with van der Waals surface area (Å²) in [7, 11) is 4.02. The van der Waals surface area contributed by atoms with Gasteiger partial charge in [-0.05, 0) is 19.8 Å². The van der Waals surface area contributed by atoms with Crippen LogP contribution in [0, 0.1) is 12.3 Å². The van der Waals surface area contributed by atoms with Crippen LogP contribution in [0.1, 0.15) is 23.4 Å². The van der Waals surface area contributed by atoms with Crippen LogP contribution in [0.4, 0.5) is 5.13 Å². The van der Waals surface area contributed by atoms with E-state index in [1.54, 1.807) is 11.3 Å². The van der Waals surface area contributed by atoms with Gasteiger partial charge in [-0.1, -0.05) is 0 Å². The number of nitrogens with zero attached hydrogens (tertiary/aromatic N) is 2. The van der Waals surface area contributed by atoms with E-state index in [2.05, 4.69) is 17.2 Å². The molecule has 1 fully saturated rings. The van der Waals surface area contributed by atoms with E-state index in [9.17, 15) is 5.11 Å². The third-order valence-corrected chi connectivity index (χ3v) is 5.26. The van der Waals surface area contributed by atoms with E-state index < -0.39 is 0 Å². The van der Waals surface area contributed by atoms with Gasteiger partial charge in [0.2, 0.25) is 0 Å². The summed E-state index contributed by atoms with van der Waals surface area (Å²) in [5.74, 6) is 0. The Bertz CT molecular complexity index is 428. The summed E-state index contributed by atoms with van der Waals surface area (Å²) in [6.07, 6.45) is 1.86. The van der Waals surface area contributed by atoms with Gasteiger partial charge in [0.25, 0.3) is 0 Å². The molecule has 0 atom stereocenters. The Morgan fingerprint density at radius 3 is 2.65 bits per heavy atom. The van der Waals surface area contributed by atoms with Gasteiger partial charge < -0.3 is 20.1 Å². The van der Waals surface area contributed by atoms with Gasteiger partial charge >= 0.3 is 0 Å². The molecule has 0 aromatic carbocycles. The highest BCUT2D eigenvalue weighted by molar-refractivity contribution is 7.15. The SMILES string of the molecule is Cc1nc(N(C)C)sc1CNCC1(CO)CCOCC1. The number of aliphatic hydroxyl groups excluding tert-OH is 1. The number of anilines is 1. The number of ether oxygens (including phenoxy) is 1. The number of aromatic nitrogens is 1. The zero-order chi connectivity index (χ0) is 14.6. The summed E-state index contributed by atoms with van der Waals surface area (Å²) >= 11 is 1.73. The van der Waals surface area contributed by atoms with Crippen LogP contribution in [0.15, 0.2) is 0 Å². The molecule has 20 heavy (non-hydrogen) atoms. The summed E-state index contributed by atoms with van der Waals surface area (Å²) in [5, 5.41) is 14.2. The Morgan fingerprint density at radius 2 is 2.10 bits per heavy atom. The van der Waals surface area contributed by atoms with E-state index in [1.165, 1.54) is 4.88 Å². The molecule has 1 aromatic rings. The number of hydrogen-bond acceptors (Lipinski definition) is 6. The normalized spacial score (nSPS) is 18.2. The van der Waals surface area contributed by atoms with Crippen molar-refractivity contribution in [1.82, 2.24) is 10.3 Å². The molecule has 2 N–H and O–H groups in total. The Balaban J connectivity index is 1.88. The van der Waals surface area contributed by atoms with E-state index in [-0.39, 0.29) is 12.0 Å². The summed E-state index contributed by atoms with van der Waals surface area (Å²) in [6, 6.07) is 0. The van der Waals surface area contributed by atoms with E-state index in [1.807, 2.05) is 19.0 Å². The Hall–Kier alpha value is -0.690. The van der Waals surface area contributed by atoms with Gasteiger partial charge in [-0.2, -0.15) is 0 Å². The number of thiazole rings is 1. The van der Waals surface area contributed by atoms with Crippen molar-refractivity contribution < 1.29 is 9.84 Å². The van der Waals surface area contributed by atoms with Gasteiger partial charge in [0.05, 0.1) is 12.3 Å². The van der Waals surface area contributed by atoms with Crippen molar-refractivity contribution in [2.24, 2.45) is 5.41 Å². The average molecular weight is 299 g/mol. The van der Waals surface area contributed by atoms with Crippen LogP contribution in [0.5, 0.6) is 0 Å². The Morgan fingerprint density at radius 1 is 1.40 bits per heavy atom. The smallest absolute Gasteiger partial charge is 0.185 e. The molecule has 0 spiro atoms. The first-order valence-electron chi connectivity index (χ1n) is 7.09. The lowest BCUT2D eigenvalue weighted by atomic mass is 9.81. The third kappa shape index (κ3) is 3.69. The molecular formula is C14H25N3O2S. The van der Waals surface area contributed by atoms with E-state index in [0.29, 0.717) is 0 Å². The number of hydrogen-bond donors (Lipinski definition) is 2. The molecule has 0 radical (unpaired) electrons. The molecule has 1 saturated heterocycles. The van der Waals surface area contributed by atoms with Crippen molar-refractivity contribution >= 4 is 16.5 Å². The van der Waals surface area contributed by atoms with Gasteiger partial charge in [0.15, 0.2) is 5.13 Å². The number of nitrogens with one attached hydrogen (secondary N) is 1. The molecule has 0 unspecified atom stereocenters. The van der Waals surface area contributed by atoms with Crippen molar-refractivity contribution in [1.29, 1.82) is 0 Å². The first kappa shape index (κ1) is 15.7. The molecule has 2 heterocycles. The fraction of sp³-hybridized carbons (Fsp3) is 0.786. The first-order chi connectivity index (χ1) is 9.56. The van der Waals surface area contributed by atoms with Crippen molar-refractivity contribution in [3.63, 3.8) is 0 Å². The molecule has 1 aliphatic heterocycles. The van der Waals surface area contributed by atoms with Crippen molar-refractivity contribution in [2.75, 3.05) is 45.4 Å². The molecule has 0 saturated carbocycles. The maximum Gasteiger partial charge on any atom is 0.185 e. The minimum Gasteiger partial charge on any atom is -0.396 e. The summed E-state index contributed by atoms with van der Waals surface area (Å²) in [4.78, 5) is 7.86. The van der Waals surface area contributed by atoms with Crippen LogP contribution in [-0.2, 0) is 11.3 Å². The van der Waals surface area contributed by atoms with Crippen LogP contribution in [-0.4, -0.2) is 50.6 Å². The molecule has 0 aliphatic carbocycles. The van der Waals surface area contributed by atoms with Crippen LogP contribution in [0.3, 0.4) is 0 Å². The molecular weight excluding hydrogens is 274 g/mol. The molecule has 1 aliphatic rings. The van der Waals surface area contributed by atoms with Crippen LogP contribution >= 0.6 is 11.3 Å². The standard InChI is InChI=1S/C14H25N3O2S/c1-11-12(20-13(16-11)17(2)3)8-15-9-14(10-18)4-6-19-7-5-14/h15,18H,4-10H2,1-3H3. The second kappa shape index (κ2) is 6.85. The van der Waals surface area contributed by atoms with Crippen molar-refractivity contribution in [3.8, 4) is 0 Å². The van der Waals surface area contributed by atoms with E-state index >= 15 is 0 Å². The van der Waals surface area contributed by atoms with Crippen LogP contribution < -0.4 is 10.2 Å². The second-order valence-corrected chi connectivity index (χ2v) is 6.84. The van der Waals surface area contributed by atoms with Crippen molar-refractivity contribution in [3.05, 3.63) is 10.6 Å². The highest BCUT2D eigenvalue weighted by Crippen LogP contribution is 2.29. The molecule has 1 aromatic heterocycles. The Kier molecular flexibility index (Phi) is 5.37. The summed E-state index contributed by atoms with van der Waals surface area (Å²) in [6.45, 7) is 5.45. The lowest BCUT2D eigenvalue weighted by Crippen LogP contribution is -2.41. The maximum absolute atomic E-state index is 9.66. The van der Waals surface area contributed by atoms with Gasteiger partial charge in [-0.15, -0.1) is 11.3 Å². The maximum atomic E-state index is 9.66. The van der Waals surface area contributed by atoms with Gasteiger partial charge in [-0.3, -0.25) is 0 Å². The van der Waals surface area contributed by atoms with Gasteiger partial charge in [0.1, 0.15) is 0 Å². The predicted octanol–water partition coefficient (Wildman–Crippen LogP) is 1.40. The largest absolute Gasteiger partial charge is 0.396 e. The predicted molar refractivity (Wildman–Crippen MR) is 82.5 cm³/mol. The second-order valence-electron chi connectivity index (χ2n) is 5.77. The molecule has 0 bridgehead atoms. The lowest BCUT2D eigenvalue weighted by Gasteiger charge is -2.35. The first-order valence-corrected chi connectivity index (χ1v) is 7.91. The Labute approximate surface area is 125 Å². The molecule has 114 valence electrons. The zero-order valence-electron chi connectivity index (χ0n) is 12.6. The quantitative estimate of drug-likeness (QED) is 0.831. The monoisotopic (exact) mass is 299 g/mol. The average Bonchev–Trinajstić information content (AvgIpc) is 2.82. The third-order valence-electron chi connectivity index (χ3n) is 3.94. The summed E-state index contributed by atoms with van der Waals surface area (Å²) in [5.41, 5.74) is 1.08. The molecule has 5 nitrogen and oxygen atoms in total. The fourth-order valence-electron chi connectivity index (χ4n) is 2.40. The number of rotatable bonds is 6. The van der Waals surface area contributed by atoms with Crippen LogP contribution in [0.2, 0.25) is 0 Å². The molecule has 0 amide bonds. The fourth-order valence-corrected chi connectivity index (χ4v) is 3.36. The zero-order valence-corrected chi connectivity index (χ0v) is 13.4. The topological polar surface area (TPSA) is 57.6 Å².